The summed E-state index contributed by atoms with van der Waals surface area (Å²) in [4.78, 5) is 0. The minimum absolute atomic E-state index is 0.238. The molecule has 0 aliphatic rings. The predicted molar refractivity (Wildman–Crippen MR) is 83.6 cm³/mol. The molecule has 0 aromatic heterocycles. The number of ether oxygens (including phenoxy) is 1. The fourth-order valence-corrected chi connectivity index (χ4v) is 2.26. The Hall–Kier alpha value is -1.35. The lowest BCUT2D eigenvalue weighted by atomic mass is 9.99. The highest BCUT2D eigenvalue weighted by Crippen LogP contribution is 2.22. The zero-order valence-electron chi connectivity index (χ0n) is 11.7. The van der Waals surface area contributed by atoms with E-state index in [2.05, 4.69) is 41.9 Å². The smallest absolute Gasteiger partial charge is 0.130 e. The van der Waals surface area contributed by atoms with E-state index in [0.717, 1.165) is 16.6 Å². The van der Waals surface area contributed by atoms with E-state index in [0.29, 0.717) is 11.5 Å². The van der Waals surface area contributed by atoms with Crippen molar-refractivity contribution in [3.8, 4) is 5.75 Å². The first-order valence-electron chi connectivity index (χ1n) is 6.77. The number of hydrogen-bond donors (Lipinski definition) is 0. The molecular formula is C17H18BrFO. The first-order valence-corrected chi connectivity index (χ1v) is 7.56. The van der Waals surface area contributed by atoms with Gasteiger partial charge in [-0.2, -0.15) is 0 Å². The van der Waals surface area contributed by atoms with Gasteiger partial charge in [0.2, 0.25) is 0 Å². The van der Waals surface area contributed by atoms with Crippen LogP contribution in [-0.2, 0) is 6.61 Å². The molecular weight excluding hydrogens is 319 g/mol. The quantitative estimate of drug-likeness (QED) is 0.682. The standard InChI is InChI=1S/C17H18BrFO/c1-3-12(2)13-5-8-16(9-6-13)20-11-14-4-7-15(18)10-17(14)19/h4-10,12H,3,11H2,1-2H3. The summed E-state index contributed by atoms with van der Waals surface area (Å²) in [5.41, 5.74) is 1.86. The maximum Gasteiger partial charge on any atom is 0.130 e. The van der Waals surface area contributed by atoms with Crippen molar-refractivity contribution in [3.63, 3.8) is 0 Å². The average molecular weight is 337 g/mol. The second-order valence-electron chi connectivity index (χ2n) is 4.90. The highest BCUT2D eigenvalue weighted by Gasteiger charge is 2.05. The minimum atomic E-state index is -0.254. The van der Waals surface area contributed by atoms with Crippen molar-refractivity contribution in [3.05, 3.63) is 63.9 Å². The van der Waals surface area contributed by atoms with Crippen molar-refractivity contribution in [1.29, 1.82) is 0 Å². The van der Waals surface area contributed by atoms with E-state index in [4.69, 9.17) is 4.74 Å². The molecule has 2 rings (SSSR count). The summed E-state index contributed by atoms with van der Waals surface area (Å²) in [7, 11) is 0. The molecule has 2 aromatic carbocycles. The lowest BCUT2D eigenvalue weighted by Gasteiger charge is -2.11. The molecule has 106 valence electrons. The normalized spacial score (nSPS) is 12.2. The molecule has 0 saturated carbocycles. The van der Waals surface area contributed by atoms with Gasteiger partial charge in [0.15, 0.2) is 0 Å². The molecule has 0 bridgehead atoms. The van der Waals surface area contributed by atoms with E-state index in [1.54, 1.807) is 6.07 Å². The van der Waals surface area contributed by atoms with Gasteiger partial charge in [-0.3, -0.25) is 0 Å². The highest BCUT2D eigenvalue weighted by molar-refractivity contribution is 9.10. The number of rotatable bonds is 5. The molecule has 0 amide bonds. The van der Waals surface area contributed by atoms with Gasteiger partial charge >= 0.3 is 0 Å². The monoisotopic (exact) mass is 336 g/mol. The summed E-state index contributed by atoms with van der Waals surface area (Å²) in [5, 5.41) is 0. The van der Waals surface area contributed by atoms with Gasteiger partial charge < -0.3 is 4.74 Å². The fourth-order valence-electron chi connectivity index (χ4n) is 1.93. The zero-order chi connectivity index (χ0) is 14.5. The second kappa shape index (κ2) is 6.89. The van der Waals surface area contributed by atoms with Crippen LogP contribution in [0.2, 0.25) is 0 Å². The van der Waals surface area contributed by atoms with Crippen LogP contribution in [-0.4, -0.2) is 0 Å². The maximum atomic E-state index is 13.7. The molecule has 0 heterocycles. The van der Waals surface area contributed by atoms with E-state index >= 15 is 0 Å². The Morgan fingerprint density at radius 3 is 2.45 bits per heavy atom. The summed E-state index contributed by atoms with van der Waals surface area (Å²) >= 11 is 3.24. The molecule has 1 unspecified atom stereocenters. The molecule has 0 aliphatic heterocycles. The molecule has 0 spiro atoms. The minimum Gasteiger partial charge on any atom is -0.489 e. The SMILES string of the molecule is CCC(C)c1ccc(OCc2ccc(Br)cc2F)cc1. The third kappa shape index (κ3) is 3.83. The number of benzene rings is 2. The summed E-state index contributed by atoms with van der Waals surface area (Å²) in [5.74, 6) is 1.06. The van der Waals surface area contributed by atoms with Gasteiger partial charge in [0.05, 0.1) is 0 Å². The van der Waals surface area contributed by atoms with Gasteiger partial charge in [-0.1, -0.05) is 48.0 Å². The molecule has 0 aliphatic carbocycles. The largest absolute Gasteiger partial charge is 0.489 e. The van der Waals surface area contributed by atoms with E-state index < -0.39 is 0 Å². The molecule has 2 aromatic rings. The Balaban J connectivity index is 2.00. The van der Waals surface area contributed by atoms with Crippen LogP contribution in [0, 0.1) is 5.82 Å². The van der Waals surface area contributed by atoms with Gasteiger partial charge in [-0.05, 0) is 42.2 Å². The molecule has 0 saturated heterocycles. The van der Waals surface area contributed by atoms with Gasteiger partial charge in [-0.15, -0.1) is 0 Å². The van der Waals surface area contributed by atoms with Crippen LogP contribution in [0.15, 0.2) is 46.9 Å². The first-order chi connectivity index (χ1) is 9.60. The zero-order valence-corrected chi connectivity index (χ0v) is 13.3. The van der Waals surface area contributed by atoms with Crippen LogP contribution < -0.4 is 4.74 Å². The highest BCUT2D eigenvalue weighted by atomic mass is 79.9. The number of halogens is 2. The maximum absolute atomic E-state index is 13.7. The Bertz CT molecular complexity index is 566. The van der Waals surface area contributed by atoms with Crippen LogP contribution in [0.1, 0.15) is 37.3 Å². The second-order valence-corrected chi connectivity index (χ2v) is 5.82. The van der Waals surface area contributed by atoms with E-state index in [1.165, 1.54) is 11.6 Å². The van der Waals surface area contributed by atoms with Crippen LogP contribution in [0.3, 0.4) is 0 Å². The summed E-state index contributed by atoms with van der Waals surface area (Å²) < 4.78 is 20.0. The summed E-state index contributed by atoms with van der Waals surface area (Å²) in [6, 6.07) is 13.0. The fraction of sp³-hybridized carbons (Fsp3) is 0.294. The molecule has 0 fully saturated rings. The topological polar surface area (TPSA) is 9.23 Å². The third-order valence-corrected chi connectivity index (χ3v) is 3.96. The Morgan fingerprint density at radius 1 is 1.15 bits per heavy atom. The van der Waals surface area contributed by atoms with Crippen molar-refractivity contribution < 1.29 is 9.13 Å². The van der Waals surface area contributed by atoms with E-state index in [-0.39, 0.29) is 12.4 Å². The molecule has 1 nitrogen and oxygen atoms in total. The van der Waals surface area contributed by atoms with Crippen molar-refractivity contribution in [2.24, 2.45) is 0 Å². The predicted octanol–water partition coefficient (Wildman–Crippen LogP) is 5.68. The van der Waals surface area contributed by atoms with Crippen molar-refractivity contribution >= 4 is 15.9 Å². The van der Waals surface area contributed by atoms with Gasteiger partial charge in [0, 0.05) is 10.0 Å². The van der Waals surface area contributed by atoms with Crippen LogP contribution in [0.5, 0.6) is 5.75 Å². The molecule has 20 heavy (non-hydrogen) atoms. The molecule has 1 atom stereocenters. The van der Waals surface area contributed by atoms with Crippen molar-refractivity contribution in [2.45, 2.75) is 32.8 Å². The molecule has 3 heteroatoms. The Labute approximate surface area is 127 Å². The van der Waals surface area contributed by atoms with Crippen molar-refractivity contribution in [2.75, 3.05) is 0 Å². The van der Waals surface area contributed by atoms with Gasteiger partial charge in [0.1, 0.15) is 18.2 Å². The summed E-state index contributed by atoms with van der Waals surface area (Å²) in [6.07, 6.45) is 1.12. The third-order valence-electron chi connectivity index (χ3n) is 3.47. The van der Waals surface area contributed by atoms with Gasteiger partial charge in [0.25, 0.3) is 0 Å². The van der Waals surface area contributed by atoms with Crippen LogP contribution >= 0.6 is 15.9 Å². The lowest BCUT2D eigenvalue weighted by Crippen LogP contribution is -1.99. The first kappa shape index (κ1) is 15.0. The van der Waals surface area contributed by atoms with Gasteiger partial charge in [-0.25, -0.2) is 4.39 Å². The Kier molecular flexibility index (Phi) is 5.18. The summed E-state index contributed by atoms with van der Waals surface area (Å²) in [6.45, 7) is 4.61. The van der Waals surface area contributed by atoms with Crippen LogP contribution in [0.4, 0.5) is 4.39 Å². The molecule has 0 radical (unpaired) electrons. The van der Waals surface area contributed by atoms with Crippen LogP contribution in [0.25, 0.3) is 0 Å². The lowest BCUT2D eigenvalue weighted by molar-refractivity contribution is 0.299. The number of hydrogen-bond acceptors (Lipinski definition) is 1. The van der Waals surface area contributed by atoms with Crippen molar-refractivity contribution in [1.82, 2.24) is 0 Å². The Morgan fingerprint density at radius 2 is 1.85 bits per heavy atom. The average Bonchev–Trinajstić information content (AvgIpc) is 2.46. The van der Waals surface area contributed by atoms with E-state index in [1.807, 2.05) is 18.2 Å². The van der Waals surface area contributed by atoms with E-state index in [9.17, 15) is 4.39 Å². The molecule has 0 N–H and O–H groups in total.